The standard InChI is InChI=1S/C9H9F/c1-7-3-5-8(2)9(10)6-4-7/h3,5,7H,1-2H3. The van der Waals surface area contributed by atoms with Crippen molar-refractivity contribution < 1.29 is 4.39 Å². The van der Waals surface area contributed by atoms with Crippen LogP contribution in [0.15, 0.2) is 23.6 Å². The molecule has 52 valence electrons. The second kappa shape index (κ2) is 2.70. The summed E-state index contributed by atoms with van der Waals surface area (Å²) < 4.78 is 12.7. The van der Waals surface area contributed by atoms with E-state index in [1.165, 1.54) is 0 Å². The molecule has 10 heavy (non-hydrogen) atoms. The lowest BCUT2D eigenvalue weighted by molar-refractivity contribution is 0.667. The highest BCUT2D eigenvalue weighted by atomic mass is 19.1. The summed E-state index contributed by atoms with van der Waals surface area (Å²) in [5.41, 5.74) is 0.622. The fourth-order valence-corrected chi connectivity index (χ4v) is 0.686. The molecule has 0 N–H and O–H groups in total. The predicted molar refractivity (Wildman–Crippen MR) is 39.9 cm³/mol. The molecule has 0 aromatic carbocycles. The van der Waals surface area contributed by atoms with E-state index >= 15 is 0 Å². The van der Waals surface area contributed by atoms with Gasteiger partial charge in [-0.3, -0.25) is 0 Å². The van der Waals surface area contributed by atoms with Gasteiger partial charge in [0.05, 0.1) is 0 Å². The third-order valence-corrected chi connectivity index (χ3v) is 1.39. The quantitative estimate of drug-likeness (QED) is 0.449. The minimum atomic E-state index is -0.305. The van der Waals surface area contributed by atoms with Crippen LogP contribution >= 0.6 is 0 Å². The molecule has 1 rings (SSSR count). The van der Waals surface area contributed by atoms with E-state index < -0.39 is 0 Å². The third kappa shape index (κ3) is 1.48. The Balaban J connectivity index is 2.98. The molecule has 0 radical (unpaired) electrons. The van der Waals surface area contributed by atoms with Gasteiger partial charge in [0.25, 0.3) is 0 Å². The molecule has 0 aromatic heterocycles. The first-order chi connectivity index (χ1) is 4.70. The Morgan fingerprint density at radius 1 is 1.60 bits per heavy atom. The first kappa shape index (κ1) is 7.08. The normalized spacial score (nSPS) is 23.7. The van der Waals surface area contributed by atoms with Crippen molar-refractivity contribution in [3.05, 3.63) is 23.6 Å². The molecule has 0 saturated heterocycles. The Morgan fingerprint density at radius 2 is 2.30 bits per heavy atom. The fourth-order valence-electron chi connectivity index (χ4n) is 0.686. The fraction of sp³-hybridized carbons (Fsp3) is 0.333. The molecule has 0 aliphatic heterocycles. The molecular weight excluding hydrogens is 127 g/mol. The van der Waals surface area contributed by atoms with E-state index in [4.69, 9.17) is 0 Å². The number of hydrogen-bond donors (Lipinski definition) is 0. The van der Waals surface area contributed by atoms with Crippen LogP contribution in [0.25, 0.3) is 0 Å². The van der Waals surface area contributed by atoms with Crippen molar-refractivity contribution in [2.75, 3.05) is 0 Å². The van der Waals surface area contributed by atoms with E-state index in [0.717, 1.165) is 0 Å². The van der Waals surface area contributed by atoms with E-state index in [-0.39, 0.29) is 11.7 Å². The molecule has 0 spiro atoms. The molecule has 1 unspecified atom stereocenters. The van der Waals surface area contributed by atoms with Gasteiger partial charge in [-0.1, -0.05) is 18.1 Å². The predicted octanol–water partition coefficient (Wildman–Crippen LogP) is 2.44. The second-order valence-electron chi connectivity index (χ2n) is 2.41. The van der Waals surface area contributed by atoms with Gasteiger partial charge in [0.1, 0.15) is 0 Å². The van der Waals surface area contributed by atoms with Gasteiger partial charge in [-0.05, 0) is 25.3 Å². The molecule has 0 aromatic rings. The molecule has 1 atom stereocenters. The number of halogens is 1. The Morgan fingerprint density at radius 3 is 3.00 bits per heavy atom. The van der Waals surface area contributed by atoms with Crippen molar-refractivity contribution in [3.63, 3.8) is 0 Å². The summed E-state index contributed by atoms with van der Waals surface area (Å²) in [5.74, 6) is 5.06. The summed E-state index contributed by atoms with van der Waals surface area (Å²) in [6.07, 6.45) is 3.65. The van der Waals surface area contributed by atoms with Crippen LogP contribution in [0.2, 0.25) is 0 Å². The van der Waals surface area contributed by atoms with Crippen molar-refractivity contribution >= 4 is 0 Å². The smallest absolute Gasteiger partial charge is 0.176 e. The highest BCUT2D eigenvalue weighted by Gasteiger charge is 1.99. The molecule has 1 heteroatoms. The average molecular weight is 136 g/mol. The maximum Gasteiger partial charge on any atom is 0.176 e. The van der Waals surface area contributed by atoms with E-state index in [9.17, 15) is 4.39 Å². The Bertz CT molecular complexity index is 248. The lowest BCUT2D eigenvalue weighted by Gasteiger charge is -1.89. The van der Waals surface area contributed by atoms with Gasteiger partial charge in [0.15, 0.2) is 5.83 Å². The van der Waals surface area contributed by atoms with Crippen LogP contribution < -0.4 is 0 Å². The van der Waals surface area contributed by atoms with Gasteiger partial charge < -0.3 is 0 Å². The van der Waals surface area contributed by atoms with Gasteiger partial charge in [-0.2, -0.15) is 4.39 Å². The van der Waals surface area contributed by atoms with Crippen molar-refractivity contribution in [3.8, 4) is 11.8 Å². The van der Waals surface area contributed by atoms with Crippen molar-refractivity contribution in [2.24, 2.45) is 5.92 Å². The van der Waals surface area contributed by atoms with E-state index in [2.05, 4.69) is 11.8 Å². The molecule has 0 saturated carbocycles. The lowest BCUT2D eigenvalue weighted by atomic mass is 10.2. The SMILES string of the molecule is CC1=C(F)C#CC(C)C=C1. The Kier molecular flexibility index (Phi) is 1.91. The maximum absolute atomic E-state index is 12.7. The van der Waals surface area contributed by atoms with Crippen LogP contribution in [-0.4, -0.2) is 0 Å². The van der Waals surface area contributed by atoms with E-state index in [1.807, 2.05) is 13.0 Å². The minimum Gasteiger partial charge on any atom is -0.197 e. The molecule has 0 amide bonds. The number of hydrogen-bond acceptors (Lipinski definition) is 0. The van der Waals surface area contributed by atoms with Gasteiger partial charge in [-0.15, -0.1) is 0 Å². The van der Waals surface area contributed by atoms with Gasteiger partial charge in [0.2, 0.25) is 0 Å². The van der Waals surface area contributed by atoms with Gasteiger partial charge in [-0.25, -0.2) is 0 Å². The molecule has 0 bridgehead atoms. The average Bonchev–Trinajstić information content (AvgIpc) is 2.04. The summed E-state index contributed by atoms with van der Waals surface area (Å²) in [5, 5.41) is 0. The maximum atomic E-state index is 12.7. The summed E-state index contributed by atoms with van der Waals surface area (Å²) in [4.78, 5) is 0. The first-order valence-corrected chi connectivity index (χ1v) is 3.26. The third-order valence-electron chi connectivity index (χ3n) is 1.39. The van der Waals surface area contributed by atoms with Crippen molar-refractivity contribution in [1.82, 2.24) is 0 Å². The molecule has 0 fully saturated rings. The zero-order valence-corrected chi connectivity index (χ0v) is 6.11. The van der Waals surface area contributed by atoms with Gasteiger partial charge in [0, 0.05) is 5.92 Å². The molecule has 0 nitrogen and oxygen atoms in total. The second-order valence-corrected chi connectivity index (χ2v) is 2.41. The van der Waals surface area contributed by atoms with Crippen molar-refractivity contribution in [2.45, 2.75) is 13.8 Å². The molecule has 1 aliphatic rings. The minimum absolute atomic E-state index is 0.170. The molecule has 0 heterocycles. The Hall–Kier alpha value is -1.03. The zero-order chi connectivity index (χ0) is 7.56. The number of rotatable bonds is 0. The van der Waals surface area contributed by atoms with Gasteiger partial charge >= 0.3 is 0 Å². The van der Waals surface area contributed by atoms with Crippen LogP contribution in [-0.2, 0) is 0 Å². The van der Waals surface area contributed by atoms with Crippen molar-refractivity contribution in [1.29, 1.82) is 0 Å². The zero-order valence-electron chi connectivity index (χ0n) is 6.11. The lowest BCUT2D eigenvalue weighted by Crippen LogP contribution is -1.79. The molecular formula is C9H9F. The highest BCUT2D eigenvalue weighted by molar-refractivity contribution is 5.37. The Labute approximate surface area is 60.4 Å². The summed E-state index contributed by atoms with van der Waals surface area (Å²) in [6.45, 7) is 3.66. The van der Waals surface area contributed by atoms with E-state index in [1.54, 1.807) is 13.0 Å². The van der Waals surface area contributed by atoms with Crippen LogP contribution in [0.4, 0.5) is 4.39 Å². The van der Waals surface area contributed by atoms with Crippen LogP contribution in [0.5, 0.6) is 0 Å². The topological polar surface area (TPSA) is 0 Å². The first-order valence-electron chi connectivity index (χ1n) is 3.26. The van der Waals surface area contributed by atoms with E-state index in [0.29, 0.717) is 5.57 Å². The van der Waals surface area contributed by atoms with Crippen LogP contribution in [0.3, 0.4) is 0 Å². The monoisotopic (exact) mass is 136 g/mol. The molecule has 1 aliphatic carbocycles. The highest BCUT2D eigenvalue weighted by Crippen LogP contribution is 2.11. The summed E-state index contributed by atoms with van der Waals surface area (Å²) >= 11 is 0. The largest absolute Gasteiger partial charge is 0.197 e. The summed E-state index contributed by atoms with van der Waals surface area (Å²) in [7, 11) is 0. The number of allylic oxidation sites excluding steroid dienone is 4. The van der Waals surface area contributed by atoms with Crippen LogP contribution in [0, 0.1) is 17.8 Å². The van der Waals surface area contributed by atoms with Crippen LogP contribution in [0.1, 0.15) is 13.8 Å². The summed E-state index contributed by atoms with van der Waals surface area (Å²) in [6, 6.07) is 0.